The topological polar surface area (TPSA) is 30.0 Å². The number of hydrogen-bond acceptors (Lipinski definition) is 3. The Balaban J connectivity index is 1.99. The van der Waals surface area contributed by atoms with Gasteiger partial charge in [0.1, 0.15) is 10.8 Å². The van der Waals surface area contributed by atoms with Gasteiger partial charge in [0.05, 0.1) is 12.1 Å². The molecule has 0 radical (unpaired) electrons. The van der Waals surface area contributed by atoms with E-state index in [1.165, 1.54) is 12.8 Å². The molecule has 0 amide bonds. The normalized spacial score (nSPS) is 18.1. The molecule has 0 N–H and O–H groups in total. The molecule has 0 spiro atoms. The van der Waals surface area contributed by atoms with Gasteiger partial charge in [-0.05, 0) is 18.8 Å². The zero-order chi connectivity index (χ0) is 12.6. The van der Waals surface area contributed by atoms with Crippen molar-refractivity contribution in [2.45, 2.75) is 52.4 Å². The van der Waals surface area contributed by atoms with Crippen LogP contribution in [0, 0.1) is 11.8 Å². The Hall–Kier alpha value is -0.700. The van der Waals surface area contributed by atoms with Crippen LogP contribution in [0.2, 0.25) is 0 Å². The van der Waals surface area contributed by atoms with E-state index in [0.717, 1.165) is 10.7 Å². The lowest BCUT2D eigenvalue weighted by molar-refractivity contribution is -0.122. The maximum Gasteiger partial charge on any atom is 0.142 e. The summed E-state index contributed by atoms with van der Waals surface area (Å²) < 4.78 is 0. The summed E-state index contributed by atoms with van der Waals surface area (Å²) in [5.41, 5.74) is 1.18. The molecule has 2 rings (SSSR count). The molecule has 1 aliphatic carbocycles. The zero-order valence-electron chi connectivity index (χ0n) is 11.1. The van der Waals surface area contributed by atoms with Gasteiger partial charge in [-0.2, -0.15) is 0 Å². The van der Waals surface area contributed by atoms with Crippen LogP contribution in [-0.2, 0) is 16.6 Å². The minimum absolute atomic E-state index is 0.0832. The molecule has 1 aromatic heterocycles. The summed E-state index contributed by atoms with van der Waals surface area (Å²) in [5, 5.41) is 3.07. The van der Waals surface area contributed by atoms with E-state index in [0.29, 0.717) is 18.1 Å². The minimum Gasteiger partial charge on any atom is -0.299 e. The molecule has 1 saturated carbocycles. The summed E-state index contributed by atoms with van der Waals surface area (Å²) in [7, 11) is 0. The third kappa shape index (κ3) is 3.15. The van der Waals surface area contributed by atoms with Gasteiger partial charge in [0.2, 0.25) is 0 Å². The molecule has 1 atom stereocenters. The molecule has 0 aromatic carbocycles. The first kappa shape index (κ1) is 12.7. The molecular weight excluding hydrogens is 230 g/mol. The van der Waals surface area contributed by atoms with Crippen molar-refractivity contribution in [2.24, 2.45) is 11.8 Å². The Kier molecular flexibility index (Phi) is 3.39. The van der Waals surface area contributed by atoms with E-state index in [1.54, 1.807) is 11.3 Å². The van der Waals surface area contributed by atoms with E-state index in [2.05, 4.69) is 38.1 Å². The van der Waals surface area contributed by atoms with Crippen LogP contribution in [0.15, 0.2) is 5.38 Å². The quantitative estimate of drug-likeness (QED) is 0.818. The second-order valence-electron chi connectivity index (χ2n) is 6.15. The van der Waals surface area contributed by atoms with Crippen molar-refractivity contribution in [3.63, 3.8) is 0 Å². The van der Waals surface area contributed by atoms with Crippen LogP contribution in [-0.4, -0.2) is 10.8 Å². The summed E-state index contributed by atoms with van der Waals surface area (Å²) in [6.07, 6.45) is 2.99. The van der Waals surface area contributed by atoms with E-state index in [-0.39, 0.29) is 11.3 Å². The molecule has 0 saturated heterocycles. The molecule has 0 aliphatic heterocycles. The van der Waals surface area contributed by atoms with Gasteiger partial charge in [0.15, 0.2) is 0 Å². The van der Waals surface area contributed by atoms with Crippen LogP contribution < -0.4 is 0 Å². The summed E-state index contributed by atoms with van der Waals surface area (Å²) in [5.74, 6) is 1.25. The van der Waals surface area contributed by atoms with Gasteiger partial charge in [-0.25, -0.2) is 4.98 Å². The molecule has 0 bridgehead atoms. The molecule has 94 valence electrons. The van der Waals surface area contributed by atoms with Crippen LogP contribution in [0.4, 0.5) is 0 Å². The number of aromatic nitrogens is 1. The van der Waals surface area contributed by atoms with Gasteiger partial charge in [0.25, 0.3) is 0 Å². The van der Waals surface area contributed by atoms with Crippen molar-refractivity contribution in [1.82, 2.24) is 4.98 Å². The second kappa shape index (κ2) is 4.52. The fourth-order valence-corrected chi connectivity index (χ4v) is 2.94. The fourth-order valence-electron chi connectivity index (χ4n) is 1.91. The number of hydrogen-bond donors (Lipinski definition) is 0. The zero-order valence-corrected chi connectivity index (χ0v) is 11.9. The van der Waals surface area contributed by atoms with Crippen LogP contribution in [0.1, 0.15) is 51.2 Å². The SMILES string of the molecule is CC(C(=O)Cc1nc(C(C)(C)C)cs1)C1CC1. The molecular formula is C14H21NOS. The highest BCUT2D eigenvalue weighted by molar-refractivity contribution is 7.09. The second-order valence-corrected chi connectivity index (χ2v) is 7.09. The third-order valence-electron chi connectivity index (χ3n) is 3.48. The summed E-state index contributed by atoms with van der Waals surface area (Å²) >= 11 is 1.62. The van der Waals surface area contributed by atoms with Crippen molar-refractivity contribution < 1.29 is 4.79 Å². The number of nitrogens with zero attached hydrogens (tertiary/aromatic N) is 1. The Bertz CT molecular complexity index is 412. The van der Waals surface area contributed by atoms with Crippen LogP contribution in [0.3, 0.4) is 0 Å². The molecule has 3 heteroatoms. The first-order valence-corrected chi connectivity index (χ1v) is 7.23. The monoisotopic (exact) mass is 251 g/mol. The number of carbonyl (C=O) groups is 1. The van der Waals surface area contributed by atoms with E-state index in [1.807, 2.05) is 0 Å². The molecule has 1 aliphatic rings. The Morgan fingerprint density at radius 3 is 2.65 bits per heavy atom. The number of ketones is 1. The smallest absolute Gasteiger partial charge is 0.142 e. The van der Waals surface area contributed by atoms with E-state index in [4.69, 9.17) is 0 Å². The van der Waals surface area contributed by atoms with Gasteiger partial charge in [-0.1, -0.05) is 27.7 Å². The summed E-state index contributed by atoms with van der Waals surface area (Å²) in [6.45, 7) is 8.53. The van der Waals surface area contributed by atoms with Gasteiger partial charge >= 0.3 is 0 Å². The van der Waals surface area contributed by atoms with Crippen LogP contribution in [0.25, 0.3) is 0 Å². The number of carbonyl (C=O) groups excluding carboxylic acids is 1. The fraction of sp³-hybridized carbons (Fsp3) is 0.714. The predicted molar refractivity (Wildman–Crippen MR) is 71.4 cm³/mol. The average molecular weight is 251 g/mol. The Morgan fingerprint density at radius 1 is 1.53 bits per heavy atom. The predicted octanol–water partition coefficient (Wildman–Crippen LogP) is 3.60. The summed E-state index contributed by atoms with van der Waals surface area (Å²) in [4.78, 5) is 16.6. The highest BCUT2D eigenvalue weighted by atomic mass is 32.1. The molecule has 17 heavy (non-hydrogen) atoms. The first-order valence-electron chi connectivity index (χ1n) is 6.35. The highest BCUT2D eigenvalue weighted by Gasteiger charge is 2.32. The lowest BCUT2D eigenvalue weighted by Crippen LogP contribution is -2.16. The van der Waals surface area contributed by atoms with Gasteiger partial charge in [-0.3, -0.25) is 4.79 Å². The van der Waals surface area contributed by atoms with E-state index in [9.17, 15) is 4.79 Å². The lowest BCUT2D eigenvalue weighted by atomic mass is 9.93. The van der Waals surface area contributed by atoms with Gasteiger partial charge < -0.3 is 0 Å². The molecule has 2 nitrogen and oxygen atoms in total. The minimum atomic E-state index is 0.0832. The number of rotatable bonds is 4. The van der Waals surface area contributed by atoms with Crippen molar-refractivity contribution in [3.05, 3.63) is 16.1 Å². The largest absolute Gasteiger partial charge is 0.299 e. The maximum atomic E-state index is 12.0. The molecule has 1 fully saturated rings. The molecule has 1 unspecified atom stereocenters. The van der Waals surface area contributed by atoms with Crippen LogP contribution in [0.5, 0.6) is 0 Å². The third-order valence-corrected chi connectivity index (χ3v) is 4.33. The first-order chi connectivity index (χ1) is 7.88. The van der Waals surface area contributed by atoms with E-state index >= 15 is 0 Å². The average Bonchev–Trinajstić information content (AvgIpc) is 2.96. The highest BCUT2D eigenvalue weighted by Crippen LogP contribution is 2.37. The van der Waals surface area contributed by atoms with Crippen LogP contribution >= 0.6 is 11.3 Å². The lowest BCUT2D eigenvalue weighted by Gasteiger charge is -2.14. The number of thiazole rings is 1. The Morgan fingerprint density at radius 2 is 2.18 bits per heavy atom. The van der Waals surface area contributed by atoms with Gasteiger partial charge in [-0.15, -0.1) is 11.3 Å². The maximum absolute atomic E-state index is 12.0. The van der Waals surface area contributed by atoms with E-state index < -0.39 is 0 Å². The van der Waals surface area contributed by atoms with Gasteiger partial charge in [0, 0.05) is 16.7 Å². The molecule has 1 aromatic rings. The summed E-state index contributed by atoms with van der Waals surface area (Å²) in [6, 6.07) is 0. The van der Waals surface area contributed by atoms with Crippen molar-refractivity contribution in [3.8, 4) is 0 Å². The standard InChI is InChI=1S/C14H21NOS/c1-9(10-5-6-10)11(16)7-13-15-12(8-17-13)14(2,3)4/h8-10H,5-7H2,1-4H3. The Labute approximate surface area is 107 Å². The van der Waals surface area contributed by atoms with Crippen molar-refractivity contribution >= 4 is 17.1 Å². The van der Waals surface area contributed by atoms with Crippen molar-refractivity contribution in [2.75, 3.05) is 0 Å². The van der Waals surface area contributed by atoms with Crippen molar-refractivity contribution in [1.29, 1.82) is 0 Å². The molecule has 1 heterocycles. The number of Topliss-reactive ketones (excluding diaryl/α,β-unsaturated/α-hetero) is 1.